The average molecular weight is 407 g/mol. The highest BCUT2D eigenvalue weighted by molar-refractivity contribution is 5.75. The van der Waals surface area contributed by atoms with Crippen molar-refractivity contribution in [1.29, 1.82) is 0 Å². The lowest BCUT2D eigenvalue weighted by atomic mass is 10.1. The fourth-order valence-corrected chi connectivity index (χ4v) is 2.98. The number of unbranched alkanes of at least 4 members (excludes halogenated alkanes) is 8. The van der Waals surface area contributed by atoms with Gasteiger partial charge in [-0.15, -0.1) is 0 Å². The first-order valence-electron chi connectivity index (χ1n) is 11.8. The standard InChI is InChI=1S/C25H46N2O2/c1-3-4-5-6-7-8-9-10-11-12-13-14-15-16-19-22-25(28)27-23-20-17-18-21-24-29-26-2/h4-5,7-8,10-11,26H,3,6,9,12-24H2,1-2H3,(H,27,28)/b5-4-,8-7-,11-10-. The maximum absolute atomic E-state index is 11.8. The van der Waals surface area contributed by atoms with Gasteiger partial charge in [0.25, 0.3) is 0 Å². The zero-order valence-corrected chi connectivity index (χ0v) is 19.1. The van der Waals surface area contributed by atoms with Gasteiger partial charge in [-0.05, 0) is 51.4 Å². The predicted molar refractivity (Wildman–Crippen MR) is 126 cm³/mol. The monoisotopic (exact) mass is 406 g/mol. The van der Waals surface area contributed by atoms with E-state index in [1.54, 1.807) is 7.05 Å². The summed E-state index contributed by atoms with van der Waals surface area (Å²) in [6, 6.07) is 0. The number of nitrogens with one attached hydrogen (secondary N) is 2. The normalized spacial score (nSPS) is 11.9. The predicted octanol–water partition coefficient (Wildman–Crippen LogP) is 6.40. The summed E-state index contributed by atoms with van der Waals surface area (Å²) < 4.78 is 0. The fraction of sp³-hybridized carbons (Fsp3) is 0.720. The molecular weight excluding hydrogens is 360 g/mol. The lowest BCUT2D eigenvalue weighted by Gasteiger charge is -2.05. The molecule has 4 heteroatoms. The molecule has 168 valence electrons. The van der Waals surface area contributed by atoms with Crippen molar-refractivity contribution in [1.82, 2.24) is 10.8 Å². The minimum absolute atomic E-state index is 0.213. The second kappa shape index (κ2) is 24.6. The summed E-state index contributed by atoms with van der Waals surface area (Å²) in [4.78, 5) is 16.9. The van der Waals surface area contributed by atoms with Gasteiger partial charge in [-0.3, -0.25) is 4.79 Å². The number of carbonyl (C=O) groups is 1. The zero-order chi connectivity index (χ0) is 21.3. The van der Waals surface area contributed by atoms with Crippen molar-refractivity contribution in [2.45, 2.75) is 96.8 Å². The number of rotatable bonds is 21. The Morgan fingerprint density at radius 2 is 1.38 bits per heavy atom. The first-order valence-corrected chi connectivity index (χ1v) is 11.8. The Hall–Kier alpha value is -1.39. The highest BCUT2D eigenvalue weighted by Crippen LogP contribution is 2.08. The van der Waals surface area contributed by atoms with E-state index in [2.05, 4.69) is 54.2 Å². The molecule has 1 amide bonds. The summed E-state index contributed by atoms with van der Waals surface area (Å²) in [5, 5.41) is 3.03. The van der Waals surface area contributed by atoms with Gasteiger partial charge in [-0.1, -0.05) is 75.5 Å². The highest BCUT2D eigenvalue weighted by atomic mass is 16.6. The average Bonchev–Trinajstić information content (AvgIpc) is 2.72. The van der Waals surface area contributed by atoms with Crippen molar-refractivity contribution in [3.05, 3.63) is 36.5 Å². The smallest absolute Gasteiger partial charge is 0.219 e. The first-order chi connectivity index (χ1) is 14.3. The highest BCUT2D eigenvalue weighted by Gasteiger charge is 2.00. The van der Waals surface area contributed by atoms with Crippen molar-refractivity contribution in [2.75, 3.05) is 20.2 Å². The van der Waals surface area contributed by atoms with Gasteiger partial charge in [0.15, 0.2) is 0 Å². The van der Waals surface area contributed by atoms with E-state index in [0.29, 0.717) is 6.42 Å². The molecule has 0 fully saturated rings. The van der Waals surface area contributed by atoms with Gasteiger partial charge in [0, 0.05) is 20.0 Å². The Kier molecular flexibility index (Phi) is 23.5. The number of amides is 1. The third kappa shape index (κ3) is 24.6. The maximum atomic E-state index is 11.8. The molecule has 0 saturated carbocycles. The van der Waals surface area contributed by atoms with Crippen LogP contribution in [0, 0.1) is 0 Å². The summed E-state index contributed by atoms with van der Waals surface area (Å²) in [5.74, 6) is 0.213. The van der Waals surface area contributed by atoms with Crippen LogP contribution in [0.25, 0.3) is 0 Å². The van der Waals surface area contributed by atoms with E-state index >= 15 is 0 Å². The second-order valence-corrected chi connectivity index (χ2v) is 7.42. The molecule has 0 aromatic heterocycles. The fourth-order valence-electron chi connectivity index (χ4n) is 2.98. The van der Waals surface area contributed by atoms with Crippen LogP contribution in [0.4, 0.5) is 0 Å². The van der Waals surface area contributed by atoms with Gasteiger partial charge in [0.05, 0.1) is 6.61 Å². The molecule has 0 heterocycles. The van der Waals surface area contributed by atoms with Crippen molar-refractivity contribution < 1.29 is 9.63 Å². The van der Waals surface area contributed by atoms with Crippen LogP contribution in [-0.4, -0.2) is 26.1 Å². The Labute approximate surface area is 180 Å². The van der Waals surface area contributed by atoms with Gasteiger partial charge in [0.2, 0.25) is 5.91 Å². The third-order valence-electron chi connectivity index (χ3n) is 4.69. The Morgan fingerprint density at radius 1 is 0.759 bits per heavy atom. The van der Waals surface area contributed by atoms with Crippen LogP contribution in [0.2, 0.25) is 0 Å². The minimum atomic E-state index is 0.213. The number of carbonyl (C=O) groups excluding carboxylic acids is 1. The van der Waals surface area contributed by atoms with E-state index in [-0.39, 0.29) is 5.91 Å². The Morgan fingerprint density at radius 3 is 2.14 bits per heavy atom. The van der Waals surface area contributed by atoms with Crippen molar-refractivity contribution in [2.24, 2.45) is 0 Å². The van der Waals surface area contributed by atoms with E-state index in [1.807, 2.05) is 0 Å². The minimum Gasteiger partial charge on any atom is -0.356 e. The van der Waals surface area contributed by atoms with Crippen LogP contribution in [0.1, 0.15) is 96.8 Å². The van der Waals surface area contributed by atoms with Crippen molar-refractivity contribution >= 4 is 5.91 Å². The molecule has 0 rings (SSSR count). The summed E-state index contributed by atoms with van der Waals surface area (Å²) in [6.07, 6.45) is 28.9. The summed E-state index contributed by atoms with van der Waals surface area (Å²) >= 11 is 0. The molecule has 0 spiro atoms. The van der Waals surface area contributed by atoms with E-state index in [1.165, 1.54) is 25.7 Å². The molecule has 0 aliphatic rings. The molecule has 0 aromatic carbocycles. The lowest BCUT2D eigenvalue weighted by molar-refractivity contribution is -0.121. The largest absolute Gasteiger partial charge is 0.356 e. The summed E-state index contributed by atoms with van der Waals surface area (Å²) in [5.41, 5.74) is 2.67. The van der Waals surface area contributed by atoms with Crippen molar-refractivity contribution in [3.63, 3.8) is 0 Å². The van der Waals surface area contributed by atoms with Crippen LogP contribution < -0.4 is 10.8 Å². The van der Waals surface area contributed by atoms with Crippen LogP contribution in [0.15, 0.2) is 36.5 Å². The number of allylic oxidation sites excluding steroid dienone is 6. The number of hydrogen-bond donors (Lipinski definition) is 2. The van der Waals surface area contributed by atoms with E-state index in [9.17, 15) is 4.79 Å². The molecular formula is C25H46N2O2. The topological polar surface area (TPSA) is 50.4 Å². The Bertz CT molecular complexity index is 431. The lowest BCUT2D eigenvalue weighted by Crippen LogP contribution is -2.23. The third-order valence-corrected chi connectivity index (χ3v) is 4.69. The molecule has 4 nitrogen and oxygen atoms in total. The van der Waals surface area contributed by atoms with Gasteiger partial charge < -0.3 is 10.2 Å². The number of hydrogen-bond acceptors (Lipinski definition) is 3. The van der Waals surface area contributed by atoms with Gasteiger partial charge >= 0.3 is 0 Å². The van der Waals surface area contributed by atoms with E-state index in [4.69, 9.17) is 4.84 Å². The van der Waals surface area contributed by atoms with Crippen LogP contribution in [0.3, 0.4) is 0 Å². The molecule has 29 heavy (non-hydrogen) atoms. The van der Waals surface area contributed by atoms with Crippen LogP contribution >= 0.6 is 0 Å². The SMILES string of the molecule is CC/C=C\C/C=C\C/C=C\CCCCCCCC(=O)NCCCCCCONC. The van der Waals surface area contributed by atoms with Gasteiger partial charge in [-0.2, -0.15) is 0 Å². The summed E-state index contributed by atoms with van der Waals surface area (Å²) in [7, 11) is 1.78. The van der Waals surface area contributed by atoms with Crippen LogP contribution in [-0.2, 0) is 9.63 Å². The van der Waals surface area contributed by atoms with Crippen molar-refractivity contribution in [3.8, 4) is 0 Å². The molecule has 0 saturated heterocycles. The molecule has 0 aliphatic carbocycles. The van der Waals surface area contributed by atoms with Gasteiger partial charge in [-0.25, -0.2) is 5.48 Å². The second-order valence-electron chi connectivity index (χ2n) is 7.42. The quantitative estimate of drug-likeness (QED) is 0.132. The molecule has 0 aromatic rings. The Balaban J connectivity index is 3.28. The summed E-state index contributed by atoms with van der Waals surface area (Å²) in [6.45, 7) is 3.73. The van der Waals surface area contributed by atoms with E-state index < -0.39 is 0 Å². The van der Waals surface area contributed by atoms with Crippen LogP contribution in [0.5, 0.6) is 0 Å². The number of hydroxylamine groups is 1. The molecule has 0 unspecified atom stereocenters. The first kappa shape index (κ1) is 27.6. The molecule has 0 bridgehead atoms. The molecule has 2 N–H and O–H groups in total. The zero-order valence-electron chi connectivity index (χ0n) is 19.1. The van der Waals surface area contributed by atoms with Gasteiger partial charge in [0.1, 0.15) is 0 Å². The molecule has 0 atom stereocenters. The van der Waals surface area contributed by atoms with E-state index in [0.717, 1.165) is 70.9 Å². The molecule has 0 radical (unpaired) electrons. The molecule has 0 aliphatic heterocycles. The maximum Gasteiger partial charge on any atom is 0.219 e.